The predicted molar refractivity (Wildman–Crippen MR) is 250 cm³/mol. The van der Waals surface area contributed by atoms with Crippen molar-refractivity contribution in [1.82, 2.24) is 33.0 Å². The van der Waals surface area contributed by atoms with E-state index in [1.54, 1.807) is 36.4 Å². The molecule has 1 amide bonds. The van der Waals surface area contributed by atoms with Crippen LogP contribution in [0.25, 0.3) is 22.1 Å². The number of sulfonamides is 2. The highest BCUT2D eigenvalue weighted by Gasteiger charge is 2.39. The van der Waals surface area contributed by atoms with Crippen molar-refractivity contribution in [2.24, 2.45) is 17.6 Å². The Kier molecular flexibility index (Phi) is 15.1. The van der Waals surface area contributed by atoms with Crippen molar-refractivity contribution in [3.8, 4) is 0 Å². The Morgan fingerprint density at radius 1 is 0.682 bits per heavy atom. The zero-order valence-electron chi connectivity index (χ0n) is 39.1. The van der Waals surface area contributed by atoms with E-state index in [4.69, 9.17) is 15.7 Å². The molecule has 2 atom stereocenters. The number of benzene rings is 2. The Morgan fingerprint density at radius 3 is 1.44 bits per heavy atom. The highest BCUT2D eigenvalue weighted by molar-refractivity contribution is 7.89. The third-order valence-electron chi connectivity index (χ3n) is 13.4. The molecule has 2 saturated heterocycles. The number of amides is 1. The molecule has 4 aromatic rings. The number of fused-ring (bicyclic) bond motifs is 2. The molecule has 20 heteroatoms. The normalized spacial score (nSPS) is 22.6. The first-order valence-electron chi connectivity index (χ1n) is 22.9. The minimum atomic E-state index is -3.73. The van der Waals surface area contributed by atoms with E-state index < -0.39 is 31.9 Å². The van der Waals surface area contributed by atoms with Crippen molar-refractivity contribution in [3.63, 3.8) is 0 Å². The molecule has 8 rings (SSSR count). The Labute approximate surface area is 393 Å². The second-order valence-electron chi connectivity index (χ2n) is 21.0. The maximum absolute atomic E-state index is 13.6. The summed E-state index contributed by atoms with van der Waals surface area (Å²) in [4.78, 5) is 21.3. The molecule has 13 nitrogen and oxygen atoms in total. The molecule has 0 unspecified atom stereocenters. The third kappa shape index (κ3) is 11.6. The third-order valence-corrected chi connectivity index (χ3v) is 17.1. The number of halogens is 5. The fourth-order valence-electron chi connectivity index (χ4n) is 9.76. The molecule has 2 aromatic heterocycles. The number of nitrogens with one attached hydrogen (secondary N) is 1. The average molecular weight is 988 g/mol. The highest BCUT2D eigenvalue weighted by atomic mass is 35.5. The lowest BCUT2D eigenvalue weighted by atomic mass is 9.86. The van der Waals surface area contributed by atoms with E-state index in [2.05, 4.69) is 35.2 Å². The number of imidazole rings is 2. The van der Waals surface area contributed by atoms with E-state index in [0.29, 0.717) is 82.3 Å². The van der Waals surface area contributed by atoms with Gasteiger partial charge in [0.05, 0.1) is 31.9 Å². The van der Waals surface area contributed by atoms with Crippen LogP contribution in [0.3, 0.4) is 0 Å². The number of nitrogens with zero attached hydrogens (tertiary/aromatic N) is 6. The van der Waals surface area contributed by atoms with Gasteiger partial charge in [-0.1, -0.05) is 41.5 Å². The van der Waals surface area contributed by atoms with Crippen molar-refractivity contribution in [2.45, 2.75) is 170 Å². The Morgan fingerprint density at radius 2 is 1.08 bits per heavy atom. The van der Waals surface area contributed by atoms with E-state index in [1.165, 1.54) is 15.5 Å². The van der Waals surface area contributed by atoms with Crippen LogP contribution >= 0.6 is 12.4 Å². The van der Waals surface area contributed by atoms with E-state index >= 15 is 0 Å². The predicted octanol–water partition coefficient (Wildman–Crippen LogP) is 8.36. The summed E-state index contributed by atoms with van der Waals surface area (Å²) in [5.41, 5.74) is 8.21. The van der Waals surface area contributed by atoms with Crippen LogP contribution in [0, 0.1) is 11.8 Å². The molecule has 0 radical (unpaired) electrons. The van der Waals surface area contributed by atoms with Crippen molar-refractivity contribution in [1.29, 1.82) is 0 Å². The van der Waals surface area contributed by atoms with Crippen LogP contribution in [-0.2, 0) is 48.8 Å². The van der Waals surface area contributed by atoms with E-state index in [0.717, 1.165) is 22.7 Å². The summed E-state index contributed by atoms with van der Waals surface area (Å²) >= 11 is 0. The molecule has 4 fully saturated rings. The fraction of sp³-hybridized carbons (Fsp3) is 0.674. The molecule has 66 heavy (non-hydrogen) atoms. The van der Waals surface area contributed by atoms with Crippen LogP contribution in [0.2, 0.25) is 0 Å². The summed E-state index contributed by atoms with van der Waals surface area (Å²) in [6.45, 7) is 16.3. The molecular weight excluding hydrogens is 920 g/mol. The SMILES string of the molecule is CC(=O)N[C@H]1CCN(S(=O)(=O)c2ccc3c(c2)nc(C(C)(C)C)n3CC2CCC(F)(F)CC2)C1.CC(C)(C)c1nc2cc(S(=O)(=O)N3CC[C@H](N)C3)ccc2n1CC1CCC(F)(F)CC1.Cl. The number of rotatable bonds is 9. The minimum absolute atomic E-state index is 0. The quantitative estimate of drug-likeness (QED) is 0.158. The molecule has 2 aromatic carbocycles. The van der Waals surface area contributed by atoms with Crippen molar-refractivity contribution < 1.29 is 39.2 Å². The van der Waals surface area contributed by atoms with Crippen LogP contribution in [0.5, 0.6) is 0 Å². The Hall–Kier alpha value is -3.36. The monoisotopic (exact) mass is 986 g/mol. The van der Waals surface area contributed by atoms with Crippen LogP contribution in [0.15, 0.2) is 46.2 Å². The van der Waals surface area contributed by atoms with Crippen LogP contribution in [0.4, 0.5) is 17.6 Å². The second kappa shape index (κ2) is 19.2. The van der Waals surface area contributed by atoms with Crippen molar-refractivity contribution >= 4 is 60.4 Å². The van der Waals surface area contributed by atoms with Gasteiger partial charge in [-0.2, -0.15) is 8.61 Å². The topological polar surface area (TPSA) is 166 Å². The minimum Gasteiger partial charge on any atom is -0.352 e. The van der Waals surface area contributed by atoms with Gasteiger partial charge in [0.1, 0.15) is 11.6 Å². The van der Waals surface area contributed by atoms with Gasteiger partial charge in [0, 0.05) is 94.8 Å². The van der Waals surface area contributed by atoms with Crippen molar-refractivity contribution in [2.75, 3.05) is 26.2 Å². The van der Waals surface area contributed by atoms with Crippen LogP contribution in [0.1, 0.15) is 124 Å². The summed E-state index contributed by atoms with van der Waals surface area (Å²) in [6.07, 6.45) is 2.80. The van der Waals surface area contributed by atoms with Crippen LogP contribution < -0.4 is 11.1 Å². The van der Waals surface area contributed by atoms with Gasteiger partial charge in [-0.25, -0.2) is 44.4 Å². The molecule has 4 aliphatic rings. The molecule has 0 spiro atoms. The first kappa shape index (κ1) is 52.0. The standard InChI is InChI=1S/C24H34F2N4O3S.C22H32F2N4O2S.ClH/c1-16(31)27-18-9-12-29(15-18)34(32,33)19-5-6-21-20(13-19)28-22(23(2,3)4)30(21)14-17-7-10-24(25,26)11-8-17;1-21(2,3)20-26-18-12-17(31(29,30)27-11-8-16(25)14-27)4-5-19(18)28(20)13-15-6-9-22(23,24)10-7-15;/h5-6,13,17-18H,7-12,14-15H2,1-4H3,(H,27,31);4-5,12,15-16H,6-11,13-14,25H2,1-3H3;1H/t18-;16-;/m00./s1. The van der Waals surface area contributed by atoms with Gasteiger partial charge < -0.3 is 20.2 Å². The van der Waals surface area contributed by atoms with Gasteiger partial charge in [-0.15, -0.1) is 12.4 Å². The number of carbonyl (C=O) groups excluding carboxylic acids is 1. The number of aromatic nitrogens is 4. The lowest BCUT2D eigenvalue weighted by Gasteiger charge is -2.30. The number of hydrogen-bond donors (Lipinski definition) is 2. The summed E-state index contributed by atoms with van der Waals surface area (Å²) < 4.78 is 114. The average Bonchev–Trinajstić information content (AvgIpc) is 4.02. The lowest BCUT2D eigenvalue weighted by molar-refractivity contribution is -0.119. The number of hydrogen-bond acceptors (Lipinski definition) is 8. The number of nitrogens with two attached hydrogens (primary N) is 1. The maximum atomic E-state index is 13.6. The summed E-state index contributed by atoms with van der Waals surface area (Å²) in [5.74, 6) is -3.34. The summed E-state index contributed by atoms with van der Waals surface area (Å²) in [7, 11) is -7.35. The number of carbonyl (C=O) groups is 1. The van der Waals surface area contributed by atoms with Crippen molar-refractivity contribution in [3.05, 3.63) is 48.0 Å². The molecule has 4 heterocycles. The van der Waals surface area contributed by atoms with Gasteiger partial charge in [0.2, 0.25) is 37.8 Å². The van der Waals surface area contributed by atoms with E-state index in [9.17, 15) is 39.2 Å². The number of alkyl halides is 4. The highest BCUT2D eigenvalue weighted by Crippen LogP contribution is 2.40. The zero-order chi connectivity index (χ0) is 47.5. The van der Waals surface area contributed by atoms with Gasteiger partial charge in [-0.05, 0) is 86.8 Å². The molecule has 3 N–H and O–H groups in total. The largest absolute Gasteiger partial charge is 0.352 e. The summed E-state index contributed by atoms with van der Waals surface area (Å²) in [6, 6.07) is 9.73. The van der Waals surface area contributed by atoms with Crippen LogP contribution in [-0.4, -0.2) is 101 Å². The van der Waals surface area contributed by atoms with Gasteiger partial charge >= 0.3 is 0 Å². The molecule has 0 bridgehead atoms. The van der Waals surface area contributed by atoms with Gasteiger partial charge in [0.15, 0.2) is 0 Å². The lowest BCUT2D eigenvalue weighted by Crippen LogP contribution is -2.37. The van der Waals surface area contributed by atoms with Gasteiger partial charge in [0.25, 0.3) is 0 Å². The summed E-state index contributed by atoms with van der Waals surface area (Å²) in [5, 5.41) is 2.79. The molecule has 2 aliphatic carbocycles. The van der Waals surface area contributed by atoms with E-state index in [1.807, 2.05) is 20.8 Å². The first-order valence-corrected chi connectivity index (χ1v) is 25.8. The molecule has 368 valence electrons. The maximum Gasteiger partial charge on any atom is 0.248 e. The fourth-order valence-corrected chi connectivity index (χ4v) is 12.8. The van der Waals surface area contributed by atoms with E-state index in [-0.39, 0.29) is 95.1 Å². The zero-order valence-corrected chi connectivity index (χ0v) is 41.6. The first-order chi connectivity index (χ1) is 30.1. The smallest absolute Gasteiger partial charge is 0.248 e. The second-order valence-corrected chi connectivity index (χ2v) is 24.8. The Bertz CT molecular complexity index is 2610. The molecule has 2 aliphatic heterocycles. The van der Waals surface area contributed by atoms with Gasteiger partial charge in [-0.3, -0.25) is 4.79 Å². The Balaban J connectivity index is 0.000000216. The molecule has 2 saturated carbocycles. The molecular formula is C46H67ClF4N8O5S2.